The molecule has 10 heteroatoms. The Morgan fingerprint density at radius 2 is 1.91 bits per heavy atom. The second-order valence-corrected chi connectivity index (χ2v) is 15.9. The smallest absolute Gasteiger partial charge is 0.342 e. The highest BCUT2D eigenvalue weighted by atomic mass is 32.2. The number of ketones is 2. The maximum atomic E-state index is 14.8. The highest BCUT2D eigenvalue weighted by Gasteiger charge is 2.70. The van der Waals surface area contributed by atoms with E-state index in [1.807, 2.05) is 31.2 Å². The summed E-state index contributed by atoms with van der Waals surface area (Å²) in [5.74, 6) is -3.14. The third kappa shape index (κ3) is 4.81. The highest BCUT2D eigenvalue weighted by molar-refractivity contribution is 8.01. The number of thiazole rings is 1. The lowest BCUT2D eigenvalue weighted by Crippen LogP contribution is -2.63. The van der Waals surface area contributed by atoms with Crippen molar-refractivity contribution >= 4 is 50.9 Å². The Balaban J connectivity index is 1.24. The molecule has 0 saturated heterocycles. The average Bonchev–Trinajstić information content (AvgIpc) is 3.54. The summed E-state index contributed by atoms with van der Waals surface area (Å²) in [6, 6.07) is 10.4. The first kappa shape index (κ1) is 30.7. The van der Waals surface area contributed by atoms with Gasteiger partial charge in [0.05, 0.1) is 27.6 Å². The van der Waals surface area contributed by atoms with Gasteiger partial charge in [0, 0.05) is 17.9 Å². The number of rotatable bonds is 6. The van der Waals surface area contributed by atoms with Crippen molar-refractivity contribution in [2.45, 2.75) is 74.8 Å². The van der Waals surface area contributed by atoms with Crippen LogP contribution in [0.25, 0.3) is 10.2 Å². The first-order valence-corrected chi connectivity index (χ1v) is 17.4. The maximum Gasteiger partial charge on any atom is 0.342 e. The lowest BCUT2D eigenvalue weighted by molar-refractivity contribution is -0.180. The third-order valence-corrected chi connectivity index (χ3v) is 13.7. The van der Waals surface area contributed by atoms with E-state index >= 15 is 0 Å². The Morgan fingerprint density at radius 3 is 2.69 bits per heavy atom. The van der Waals surface area contributed by atoms with Gasteiger partial charge in [-0.3, -0.25) is 9.59 Å². The SMILES string of the molecule is CC12CCC(=O)C=C1CCC1C2C(O)CC2(C)C1CC[C@]2(OC(=O)c1ccc(F)cc1F)C(=O)CSc1nc2ccccc2s1. The van der Waals surface area contributed by atoms with Crippen LogP contribution >= 0.6 is 23.1 Å². The standard InChI is InChI=1S/C35H35F2NO5S2/c1-33-13-11-21(39)15-19(33)7-9-22-24-12-14-35(34(24,2)17-27(40)30(22)33,43-31(42)23-10-8-20(36)16-25(23)37)29(41)18-44-32-38-26-5-3-4-6-28(26)45-32/h3-6,8,10,15-16,22,24,27,30,40H,7,9,11-14,17-18H2,1-2H3/t22?,24?,27?,30?,33?,34?,35-/m0/s1. The predicted octanol–water partition coefficient (Wildman–Crippen LogP) is 7.33. The highest BCUT2D eigenvalue weighted by Crippen LogP contribution is 2.68. The lowest BCUT2D eigenvalue weighted by Gasteiger charge is -2.60. The van der Waals surface area contributed by atoms with E-state index in [0.29, 0.717) is 29.7 Å². The van der Waals surface area contributed by atoms with Gasteiger partial charge in [0.15, 0.2) is 21.5 Å². The number of hydrogen-bond donors (Lipinski definition) is 1. The van der Waals surface area contributed by atoms with Gasteiger partial charge in [0.25, 0.3) is 0 Å². The molecule has 3 aromatic rings. The molecule has 4 aliphatic rings. The molecule has 2 aromatic carbocycles. The molecule has 6 nitrogen and oxygen atoms in total. The zero-order chi connectivity index (χ0) is 31.7. The molecule has 0 amide bonds. The van der Waals surface area contributed by atoms with Gasteiger partial charge in [-0.2, -0.15) is 0 Å². The summed E-state index contributed by atoms with van der Waals surface area (Å²) >= 11 is 2.76. The number of Topliss-reactive ketones (excluding diaryl/α,β-unsaturated/α-hetero) is 1. The van der Waals surface area contributed by atoms with Gasteiger partial charge >= 0.3 is 5.97 Å². The van der Waals surface area contributed by atoms with E-state index in [-0.39, 0.29) is 53.3 Å². The number of ether oxygens (including phenoxy) is 1. The molecule has 0 aliphatic heterocycles. The Morgan fingerprint density at radius 1 is 1.11 bits per heavy atom. The molecular weight excluding hydrogens is 617 g/mol. The Bertz CT molecular complexity index is 1720. The molecule has 236 valence electrons. The van der Waals surface area contributed by atoms with Crippen LogP contribution in [-0.2, 0) is 14.3 Å². The summed E-state index contributed by atoms with van der Waals surface area (Å²) in [5, 5.41) is 11.9. The zero-order valence-corrected chi connectivity index (χ0v) is 26.8. The number of nitrogens with zero attached hydrogens (tertiary/aromatic N) is 1. The van der Waals surface area contributed by atoms with Gasteiger partial charge in [-0.05, 0) is 92.0 Å². The van der Waals surface area contributed by atoms with Crippen LogP contribution in [-0.4, -0.2) is 45.1 Å². The molecule has 6 unspecified atom stereocenters. The minimum Gasteiger partial charge on any atom is -0.447 e. The van der Waals surface area contributed by atoms with Crippen LogP contribution in [0.1, 0.15) is 69.2 Å². The van der Waals surface area contributed by atoms with Crippen LogP contribution in [0, 0.1) is 40.2 Å². The molecule has 3 saturated carbocycles. The number of aromatic nitrogens is 1. The van der Waals surface area contributed by atoms with Crippen molar-refractivity contribution in [1.82, 2.24) is 4.98 Å². The number of aliphatic hydroxyl groups excluding tert-OH is 1. The van der Waals surface area contributed by atoms with E-state index in [1.54, 1.807) is 6.08 Å². The van der Waals surface area contributed by atoms with Crippen LogP contribution in [0.15, 0.2) is 58.5 Å². The van der Waals surface area contributed by atoms with Gasteiger partial charge in [0.2, 0.25) is 0 Å². The van der Waals surface area contributed by atoms with E-state index in [2.05, 4.69) is 11.9 Å². The molecule has 0 bridgehead atoms. The number of aliphatic hydroxyl groups is 1. The molecule has 3 fully saturated rings. The molecule has 1 N–H and O–H groups in total. The van der Waals surface area contributed by atoms with Crippen LogP contribution in [0.2, 0.25) is 0 Å². The number of esters is 1. The quantitative estimate of drug-likeness (QED) is 0.220. The number of carbonyl (C=O) groups excluding carboxylic acids is 3. The molecule has 4 aliphatic carbocycles. The van der Waals surface area contributed by atoms with Crippen LogP contribution in [0.5, 0.6) is 0 Å². The van der Waals surface area contributed by atoms with Gasteiger partial charge in [0.1, 0.15) is 11.6 Å². The molecule has 1 heterocycles. The molecule has 0 radical (unpaired) electrons. The summed E-state index contributed by atoms with van der Waals surface area (Å²) in [7, 11) is 0. The molecule has 1 aromatic heterocycles. The number of fused-ring (bicyclic) bond motifs is 6. The Kier molecular flexibility index (Phi) is 7.56. The van der Waals surface area contributed by atoms with Crippen LogP contribution < -0.4 is 0 Å². The summed E-state index contributed by atoms with van der Waals surface area (Å²) in [6.07, 6.45) is 4.71. The van der Waals surface area contributed by atoms with Gasteiger partial charge in [-0.25, -0.2) is 18.6 Å². The molecule has 0 spiro atoms. The first-order chi connectivity index (χ1) is 21.4. The van der Waals surface area contributed by atoms with Gasteiger partial charge in [-0.15, -0.1) is 11.3 Å². The van der Waals surface area contributed by atoms with Crippen molar-refractivity contribution in [1.29, 1.82) is 0 Å². The summed E-state index contributed by atoms with van der Waals surface area (Å²) in [5.41, 5.74) is -1.35. The van der Waals surface area contributed by atoms with Crippen molar-refractivity contribution in [3.63, 3.8) is 0 Å². The first-order valence-electron chi connectivity index (χ1n) is 15.6. The minimum absolute atomic E-state index is 0.0157. The Labute approximate surface area is 268 Å². The minimum atomic E-state index is -1.62. The summed E-state index contributed by atoms with van der Waals surface area (Å²) in [4.78, 5) is 45.1. The van der Waals surface area contributed by atoms with Crippen molar-refractivity contribution in [2.75, 3.05) is 5.75 Å². The number of halogens is 2. The van der Waals surface area contributed by atoms with Crippen LogP contribution in [0.4, 0.5) is 8.78 Å². The zero-order valence-electron chi connectivity index (χ0n) is 25.2. The number of benzene rings is 2. The monoisotopic (exact) mass is 651 g/mol. The average molecular weight is 652 g/mol. The van der Waals surface area contributed by atoms with Crippen molar-refractivity contribution < 1.29 is 33.0 Å². The number of carbonyl (C=O) groups is 3. The number of thioether (sulfide) groups is 1. The van der Waals surface area contributed by atoms with Gasteiger partial charge in [-0.1, -0.05) is 43.3 Å². The van der Waals surface area contributed by atoms with E-state index in [0.717, 1.165) is 40.8 Å². The third-order valence-electron chi connectivity index (χ3n) is 11.5. The fraction of sp³-hybridized carbons (Fsp3) is 0.486. The number of allylic oxidation sites excluding steroid dienone is 1. The number of para-hydroxylation sites is 1. The van der Waals surface area contributed by atoms with Crippen molar-refractivity contribution in [3.05, 3.63) is 71.3 Å². The van der Waals surface area contributed by atoms with Crippen molar-refractivity contribution in [3.8, 4) is 0 Å². The summed E-state index contributed by atoms with van der Waals surface area (Å²) < 4.78 is 36.4. The van der Waals surface area contributed by atoms with E-state index in [4.69, 9.17) is 4.74 Å². The largest absolute Gasteiger partial charge is 0.447 e. The maximum absolute atomic E-state index is 14.8. The second-order valence-electron chi connectivity index (χ2n) is 13.6. The predicted molar refractivity (Wildman–Crippen MR) is 168 cm³/mol. The van der Waals surface area contributed by atoms with E-state index < -0.39 is 40.3 Å². The molecule has 7 rings (SSSR count). The summed E-state index contributed by atoms with van der Waals surface area (Å²) in [6.45, 7) is 4.10. The Hall–Kier alpha value is -2.95. The number of hydrogen-bond acceptors (Lipinski definition) is 8. The van der Waals surface area contributed by atoms with Crippen molar-refractivity contribution in [2.24, 2.45) is 28.6 Å². The van der Waals surface area contributed by atoms with Crippen LogP contribution in [0.3, 0.4) is 0 Å². The lowest BCUT2D eigenvalue weighted by atomic mass is 9.45. The molecule has 45 heavy (non-hydrogen) atoms. The molecular formula is C35H35F2NO5S2. The molecule has 7 atom stereocenters. The normalized spacial score (nSPS) is 34.1. The van der Waals surface area contributed by atoms with E-state index in [9.17, 15) is 28.3 Å². The fourth-order valence-electron chi connectivity index (χ4n) is 9.38. The fourth-order valence-corrected chi connectivity index (χ4v) is 11.4. The second kappa shape index (κ2) is 11.1. The van der Waals surface area contributed by atoms with E-state index in [1.165, 1.54) is 23.1 Å². The topological polar surface area (TPSA) is 93.6 Å². The van der Waals surface area contributed by atoms with Gasteiger partial charge < -0.3 is 9.84 Å².